The van der Waals surface area contributed by atoms with Crippen LogP contribution in [0.25, 0.3) is 0 Å². The van der Waals surface area contributed by atoms with Crippen LogP contribution in [0.4, 0.5) is 0 Å². The zero-order valence-corrected chi connectivity index (χ0v) is 10.1. The van der Waals surface area contributed by atoms with Gasteiger partial charge in [-0.25, -0.2) is 4.79 Å². The van der Waals surface area contributed by atoms with Crippen molar-refractivity contribution in [2.24, 2.45) is 0 Å². The molecule has 1 unspecified atom stereocenters. The van der Waals surface area contributed by atoms with Crippen LogP contribution in [0.3, 0.4) is 0 Å². The summed E-state index contributed by atoms with van der Waals surface area (Å²) in [5, 5.41) is 11.3. The molecule has 0 aromatic heterocycles. The molecule has 0 aliphatic heterocycles. The van der Waals surface area contributed by atoms with Crippen LogP contribution in [0.15, 0.2) is 36.9 Å². The van der Waals surface area contributed by atoms with Gasteiger partial charge in [0.05, 0.1) is 7.11 Å². The van der Waals surface area contributed by atoms with E-state index < -0.39 is 17.9 Å². The van der Waals surface area contributed by atoms with Crippen molar-refractivity contribution < 1.29 is 19.4 Å². The van der Waals surface area contributed by atoms with Crippen molar-refractivity contribution in [3.63, 3.8) is 0 Å². The quantitative estimate of drug-likeness (QED) is 0.748. The van der Waals surface area contributed by atoms with E-state index in [0.29, 0.717) is 11.3 Å². The first kappa shape index (κ1) is 13.8. The van der Waals surface area contributed by atoms with Crippen LogP contribution >= 0.6 is 0 Å². The lowest BCUT2D eigenvalue weighted by atomic mass is 10.1. The van der Waals surface area contributed by atoms with E-state index in [4.69, 9.17) is 9.84 Å². The molecule has 0 saturated carbocycles. The van der Waals surface area contributed by atoms with Gasteiger partial charge in [0, 0.05) is 5.56 Å². The van der Waals surface area contributed by atoms with Crippen LogP contribution in [0, 0.1) is 0 Å². The Morgan fingerprint density at radius 2 is 2.06 bits per heavy atom. The zero-order valence-electron chi connectivity index (χ0n) is 10.1. The Kier molecular flexibility index (Phi) is 4.92. The molecule has 18 heavy (non-hydrogen) atoms. The maximum Gasteiger partial charge on any atom is 0.326 e. The molecule has 0 heterocycles. The Labute approximate surface area is 105 Å². The fourth-order valence-electron chi connectivity index (χ4n) is 1.37. The number of rotatable bonds is 6. The zero-order chi connectivity index (χ0) is 13.5. The van der Waals surface area contributed by atoms with Crippen LogP contribution in [0.5, 0.6) is 5.75 Å². The monoisotopic (exact) mass is 249 g/mol. The summed E-state index contributed by atoms with van der Waals surface area (Å²) in [6.07, 6.45) is 1.63. The SMILES string of the molecule is C=CCC(NC(=O)c1ccc(OC)cc1)C(=O)O. The summed E-state index contributed by atoms with van der Waals surface area (Å²) in [5.41, 5.74) is 0.381. The van der Waals surface area contributed by atoms with Crippen LogP contribution in [0.1, 0.15) is 16.8 Å². The Morgan fingerprint density at radius 1 is 1.44 bits per heavy atom. The van der Waals surface area contributed by atoms with E-state index in [1.807, 2.05) is 0 Å². The molecule has 0 aliphatic carbocycles. The third-order valence-electron chi connectivity index (χ3n) is 2.36. The number of hydrogen-bond acceptors (Lipinski definition) is 3. The molecule has 5 nitrogen and oxygen atoms in total. The van der Waals surface area contributed by atoms with Gasteiger partial charge in [0.1, 0.15) is 11.8 Å². The average Bonchev–Trinajstić information content (AvgIpc) is 2.38. The summed E-state index contributed by atoms with van der Waals surface area (Å²) in [6.45, 7) is 3.45. The number of carbonyl (C=O) groups is 2. The molecule has 0 aliphatic rings. The highest BCUT2D eigenvalue weighted by Gasteiger charge is 2.18. The highest BCUT2D eigenvalue weighted by Crippen LogP contribution is 2.11. The van der Waals surface area contributed by atoms with Crippen LogP contribution < -0.4 is 10.1 Å². The highest BCUT2D eigenvalue weighted by atomic mass is 16.5. The molecule has 0 fully saturated rings. The molecule has 1 aromatic carbocycles. The van der Waals surface area contributed by atoms with E-state index in [2.05, 4.69) is 11.9 Å². The summed E-state index contributed by atoms with van der Waals surface area (Å²) in [4.78, 5) is 22.7. The van der Waals surface area contributed by atoms with E-state index >= 15 is 0 Å². The lowest BCUT2D eigenvalue weighted by molar-refractivity contribution is -0.139. The number of methoxy groups -OCH3 is 1. The molecular formula is C13H15NO4. The van der Waals surface area contributed by atoms with Gasteiger partial charge in [0.15, 0.2) is 0 Å². The lowest BCUT2D eigenvalue weighted by Gasteiger charge is -2.12. The number of carboxylic acids is 1. The molecule has 0 saturated heterocycles. The summed E-state index contributed by atoms with van der Waals surface area (Å²) in [6, 6.07) is 5.45. The molecule has 1 atom stereocenters. The number of aliphatic carboxylic acids is 1. The van der Waals surface area contributed by atoms with E-state index in [1.165, 1.54) is 13.2 Å². The van der Waals surface area contributed by atoms with Crippen LogP contribution in [-0.2, 0) is 4.79 Å². The van der Waals surface area contributed by atoms with Gasteiger partial charge in [0.25, 0.3) is 5.91 Å². The van der Waals surface area contributed by atoms with Crippen molar-refractivity contribution in [3.8, 4) is 5.75 Å². The van der Waals surface area contributed by atoms with Gasteiger partial charge < -0.3 is 15.2 Å². The molecule has 1 amide bonds. The molecule has 1 rings (SSSR count). The Hall–Kier alpha value is -2.30. The Bertz CT molecular complexity index is 439. The number of carbonyl (C=O) groups excluding carboxylic acids is 1. The minimum absolute atomic E-state index is 0.178. The summed E-state index contributed by atoms with van der Waals surface area (Å²) in [7, 11) is 1.53. The Morgan fingerprint density at radius 3 is 2.50 bits per heavy atom. The van der Waals surface area contributed by atoms with Gasteiger partial charge >= 0.3 is 5.97 Å². The lowest BCUT2D eigenvalue weighted by Crippen LogP contribution is -2.40. The minimum Gasteiger partial charge on any atom is -0.497 e. The maximum absolute atomic E-state index is 11.8. The third-order valence-corrected chi connectivity index (χ3v) is 2.36. The van der Waals surface area contributed by atoms with Crippen LogP contribution in [0.2, 0.25) is 0 Å². The van der Waals surface area contributed by atoms with Gasteiger partial charge in [-0.05, 0) is 30.7 Å². The fourth-order valence-corrected chi connectivity index (χ4v) is 1.37. The number of amides is 1. The van der Waals surface area contributed by atoms with Gasteiger partial charge in [-0.1, -0.05) is 6.08 Å². The highest BCUT2D eigenvalue weighted by molar-refractivity contribution is 5.96. The number of nitrogens with one attached hydrogen (secondary N) is 1. The predicted octanol–water partition coefficient (Wildman–Crippen LogP) is 1.45. The van der Waals surface area contributed by atoms with E-state index in [9.17, 15) is 9.59 Å². The normalized spacial score (nSPS) is 11.4. The molecule has 0 radical (unpaired) electrons. The van der Waals surface area contributed by atoms with Crippen molar-refractivity contribution in [3.05, 3.63) is 42.5 Å². The first-order valence-electron chi connectivity index (χ1n) is 5.37. The largest absolute Gasteiger partial charge is 0.497 e. The van der Waals surface area contributed by atoms with Crippen LogP contribution in [-0.4, -0.2) is 30.1 Å². The minimum atomic E-state index is -1.09. The molecule has 5 heteroatoms. The van der Waals surface area contributed by atoms with Crippen molar-refractivity contribution in [1.82, 2.24) is 5.32 Å². The van der Waals surface area contributed by atoms with Crippen molar-refractivity contribution >= 4 is 11.9 Å². The number of hydrogen-bond donors (Lipinski definition) is 2. The first-order valence-corrected chi connectivity index (χ1v) is 5.37. The van der Waals surface area contributed by atoms with Gasteiger partial charge in [-0.3, -0.25) is 4.79 Å². The summed E-state index contributed by atoms with van der Waals surface area (Å²) >= 11 is 0. The molecule has 1 aromatic rings. The second kappa shape index (κ2) is 6.44. The van der Waals surface area contributed by atoms with Gasteiger partial charge in [-0.2, -0.15) is 0 Å². The van der Waals surface area contributed by atoms with E-state index in [-0.39, 0.29) is 6.42 Å². The van der Waals surface area contributed by atoms with Gasteiger partial charge in [0.2, 0.25) is 0 Å². The van der Waals surface area contributed by atoms with E-state index in [1.54, 1.807) is 24.3 Å². The smallest absolute Gasteiger partial charge is 0.326 e. The maximum atomic E-state index is 11.8. The predicted molar refractivity (Wildman–Crippen MR) is 66.7 cm³/mol. The molecule has 96 valence electrons. The van der Waals surface area contributed by atoms with E-state index in [0.717, 1.165) is 0 Å². The van der Waals surface area contributed by atoms with Gasteiger partial charge in [-0.15, -0.1) is 6.58 Å². The van der Waals surface area contributed by atoms with Crippen molar-refractivity contribution in [2.45, 2.75) is 12.5 Å². The number of carboxylic acid groups (broad SMARTS) is 1. The molecular weight excluding hydrogens is 234 g/mol. The standard InChI is InChI=1S/C13H15NO4/c1-3-4-11(13(16)17)14-12(15)9-5-7-10(18-2)8-6-9/h3,5-8,11H,1,4H2,2H3,(H,14,15)(H,16,17). The van der Waals surface area contributed by atoms with Crippen molar-refractivity contribution in [2.75, 3.05) is 7.11 Å². The first-order chi connectivity index (χ1) is 8.58. The molecule has 0 bridgehead atoms. The molecule has 2 N–H and O–H groups in total. The number of ether oxygens (including phenoxy) is 1. The number of benzene rings is 1. The average molecular weight is 249 g/mol. The molecule has 0 spiro atoms. The topological polar surface area (TPSA) is 75.6 Å². The summed E-state index contributed by atoms with van der Waals surface area (Å²) in [5.74, 6) is -0.893. The second-order valence-electron chi connectivity index (χ2n) is 3.62. The fraction of sp³-hybridized carbons (Fsp3) is 0.231. The summed E-state index contributed by atoms with van der Waals surface area (Å²) < 4.78 is 4.97. The Balaban J connectivity index is 2.73. The second-order valence-corrected chi connectivity index (χ2v) is 3.62. The van der Waals surface area contributed by atoms with Crippen molar-refractivity contribution in [1.29, 1.82) is 0 Å². The third kappa shape index (κ3) is 3.62.